The SMILES string of the molecule is CCc1nncn1CCNC(=NC)NC1CCCN(c2ccccc2Cl)C1. The monoisotopic (exact) mass is 389 g/mol. The molecular formula is C19H28ClN7. The number of guanidine groups is 1. The van der Waals surface area contributed by atoms with Crippen molar-refractivity contribution in [3.8, 4) is 0 Å². The van der Waals surface area contributed by atoms with Crippen LogP contribution < -0.4 is 15.5 Å². The lowest BCUT2D eigenvalue weighted by molar-refractivity contribution is 0.467. The average Bonchev–Trinajstić information content (AvgIpc) is 3.15. The maximum atomic E-state index is 6.37. The van der Waals surface area contributed by atoms with Crippen molar-refractivity contribution in [2.75, 3.05) is 31.6 Å². The predicted molar refractivity (Wildman–Crippen MR) is 111 cm³/mol. The van der Waals surface area contributed by atoms with E-state index >= 15 is 0 Å². The van der Waals surface area contributed by atoms with Crippen molar-refractivity contribution >= 4 is 23.2 Å². The molecule has 0 spiro atoms. The van der Waals surface area contributed by atoms with Gasteiger partial charge in [0.05, 0.1) is 10.7 Å². The van der Waals surface area contributed by atoms with Crippen LogP contribution in [0.4, 0.5) is 5.69 Å². The highest BCUT2D eigenvalue weighted by Crippen LogP contribution is 2.27. The molecule has 1 fully saturated rings. The Bertz CT molecular complexity index is 758. The fourth-order valence-electron chi connectivity index (χ4n) is 3.44. The lowest BCUT2D eigenvalue weighted by atomic mass is 10.0. The standard InChI is InChI=1S/C19H28ClN7/c1-3-18-25-23-14-27(18)12-10-22-19(21-2)24-15-7-6-11-26(13-15)17-9-5-4-8-16(17)20/h4-5,8-9,14-15H,3,6-7,10-13H2,1-2H3,(H2,21,22,24). The highest BCUT2D eigenvalue weighted by molar-refractivity contribution is 6.33. The normalized spacial score (nSPS) is 17.8. The van der Waals surface area contributed by atoms with Crippen LogP contribution in [0, 0.1) is 0 Å². The number of anilines is 1. The van der Waals surface area contributed by atoms with Crippen molar-refractivity contribution in [2.45, 2.75) is 38.8 Å². The maximum absolute atomic E-state index is 6.37. The zero-order valence-corrected chi connectivity index (χ0v) is 16.8. The largest absolute Gasteiger partial charge is 0.368 e. The third kappa shape index (κ3) is 5.13. The number of hydrogen-bond donors (Lipinski definition) is 2. The van der Waals surface area contributed by atoms with Crippen molar-refractivity contribution in [1.82, 2.24) is 25.4 Å². The Morgan fingerprint density at radius 1 is 1.37 bits per heavy atom. The second-order valence-corrected chi connectivity index (χ2v) is 7.08. The minimum absolute atomic E-state index is 0.335. The highest BCUT2D eigenvalue weighted by atomic mass is 35.5. The summed E-state index contributed by atoms with van der Waals surface area (Å²) in [5.74, 6) is 1.83. The van der Waals surface area contributed by atoms with Crippen LogP contribution in [-0.4, -0.2) is 53.4 Å². The van der Waals surface area contributed by atoms with Crippen LogP contribution in [0.3, 0.4) is 0 Å². The van der Waals surface area contributed by atoms with Gasteiger partial charge in [0.15, 0.2) is 5.96 Å². The summed E-state index contributed by atoms with van der Waals surface area (Å²) in [7, 11) is 1.81. The number of aliphatic imine (C=N–C) groups is 1. The van der Waals surface area contributed by atoms with Crippen molar-refractivity contribution in [1.29, 1.82) is 0 Å². The van der Waals surface area contributed by atoms with Gasteiger partial charge in [-0.3, -0.25) is 4.99 Å². The first kappa shape index (κ1) is 19.5. The maximum Gasteiger partial charge on any atom is 0.191 e. The Morgan fingerprint density at radius 3 is 3.00 bits per heavy atom. The van der Waals surface area contributed by atoms with Gasteiger partial charge in [-0.05, 0) is 25.0 Å². The first-order valence-electron chi connectivity index (χ1n) is 9.54. The molecule has 1 aliphatic rings. The average molecular weight is 390 g/mol. The number of nitrogens with zero attached hydrogens (tertiary/aromatic N) is 5. The molecule has 1 unspecified atom stereocenters. The number of aryl methyl sites for hydroxylation is 1. The summed E-state index contributed by atoms with van der Waals surface area (Å²) in [6.07, 6.45) is 4.90. The molecule has 2 N–H and O–H groups in total. The van der Waals surface area contributed by atoms with Gasteiger partial charge in [0, 0.05) is 45.7 Å². The van der Waals surface area contributed by atoms with Gasteiger partial charge in [0.1, 0.15) is 12.2 Å². The smallest absolute Gasteiger partial charge is 0.191 e. The van der Waals surface area contributed by atoms with E-state index in [1.165, 1.54) is 0 Å². The molecule has 146 valence electrons. The van der Waals surface area contributed by atoms with Crippen molar-refractivity contribution in [2.24, 2.45) is 4.99 Å². The second-order valence-electron chi connectivity index (χ2n) is 6.67. The lowest BCUT2D eigenvalue weighted by Gasteiger charge is -2.35. The summed E-state index contributed by atoms with van der Waals surface area (Å²) in [4.78, 5) is 6.72. The molecule has 0 aliphatic carbocycles. The van der Waals surface area contributed by atoms with Crippen LogP contribution in [0.5, 0.6) is 0 Å². The van der Waals surface area contributed by atoms with Gasteiger partial charge in [-0.15, -0.1) is 10.2 Å². The summed E-state index contributed by atoms with van der Waals surface area (Å²) in [5, 5.41) is 15.8. The molecule has 2 heterocycles. The molecule has 2 aromatic rings. The van der Waals surface area contributed by atoms with Crippen LogP contribution in [0.1, 0.15) is 25.6 Å². The quantitative estimate of drug-likeness (QED) is 0.586. The molecular weight excluding hydrogens is 362 g/mol. The van der Waals surface area contributed by atoms with Gasteiger partial charge in [0.2, 0.25) is 0 Å². The van der Waals surface area contributed by atoms with Gasteiger partial charge >= 0.3 is 0 Å². The molecule has 0 amide bonds. The highest BCUT2D eigenvalue weighted by Gasteiger charge is 2.22. The van der Waals surface area contributed by atoms with E-state index in [2.05, 4.69) is 48.3 Å². The molecule has 1 saturated heterocycles. The fraction of sp³-hybridized carbons (Fsp3) is 0.526. The topological polar surface area (TPSA) is 70.4 Å². The number of piperidine rings is 1. The van der Waals surface area contributed by atoms with E-state index in [0.29, 0.717) is 6.04 Å². The number of halogens is 1. The van der Waals surface area contributed by atoms with Crippen molar-refractivity contribution in [3.63, 3.8) is 0 Å². The van der Waals surface area contributed by atoms with E-state index in [1.54, 1.807) is 13.4 Å². The molecule has 3 rings (SSSR count). The number of nitrogens with one attached hydrogen (secondary N) is 2. The van der Waals surface area contributed by atoms with E-state index in [0.717, 1.165) is 67.9 Å². The van der Waals surface area contributed by atoms with E-state index in [9.17, 15) is 0 Å². The molecule has 0 saturated carbocycles. The molecule has 1 aromatic heterocycles. The minimum atomic E-state index is 0.335. The summed E-state index contributed by atoms with van der Waals surface area (Å²) in [6.45, 7) is 5.61. The summed E-state index contributed by atoms with van der Waals surface area (Å²) < 4.78 is 2.07. The van der Waals surface area contributed by atoms with Crippen LogP contribution in [0.15, 0.2) is 35.6 Å². The minimum Gasteiger partial charge on any atom is -0.368 e. The van der Waals surface area contributed by atoms with Crippen LogP contribution in [0.2, 0.25) is 5.02 Å². The summed E-state index contributed by atoms with van der Waals surface area (Å²) >= 11 is 6.37. The van der Waals surface area contributed by atoms with E-state index < -0.39 is 0 Å². The van der Waals surface area contributed by atoms with Crippen molar-refractivity contribution in [3.05, 3.63) is 41.4 Å². The van der Waals surface area contributed by atoms with E-state index in [4.69, 9.17) is 11.6 Å². The summed E-state index contributed by atoms with van der Waals surface area (Å²) in [5.41, 5.74) is 1.10. The molecule has 8 heteroatoms. The third-order valence-electron chi connectivity index (χ3n) is 4.84. The zero-order chi connectivity index (χ0) is 19.1. The van der Waals surface area contributed by atoms with Crippen LogP contribution in [0.25, 0.3) is 0 Å². The predicted octanol–water partition coefficient (Wildman–Crippen LogP) is 2.33. The second kappa shape index (κ2) is 9.60. The van der Waals surface area contributed by atoms with Gasteiger partial charge in [-0.25, -0.2) is 0 Å². The Balaban J connectivity index is 1.51. The molecule has 7 nitrogen and oxygen atoms in total. The molecule has 27 heavy (non-hydrogen) atoms. The molecule has 0 bridgehead atoms. The lowest BCUT2D eigenvalue weighted by Crippen LogP contribution is -2.51. The first-order chi connectivity index (χ1) is 13.2. The fourth-order valence-corrected chi connectivity index (χ4v) is 3.70. The Hall–Kier alpha value is -2.28. The first-order valence-corrected chi connectivity index (χ1v) is 9.92. The molecule has 1 atom stereocenters. The zero-order valence-electron chi connectivity index (χ0n) is 16.0. The van der Waals surface area contributed by atoms with E-state index in [1.807, 2.05) is 18.2 Å². The van der Waals surface area contributed by atoms with Crippen LogP contribution >= 0.6 is 11.6 Å². The number of aromatic nitrogens is 3. The Labute approximate surface area is 165 Å². The number of rotatable bonds is 6. The molecule has 1 aromatic carbocycles. The number of para-hydroxylation sites is 1. The molecule has 1 aliphatic heterocycles. The van der Waals surface area contributed by atoms with Crippen molar-refractivity contribution < 1.29 is 0 Å². The Morgan fingerprint density at radius 2 is 2.22 bits per heavy atom. The van der Waals surface area contributed by atoms with Crippen LogP contribution in [-0.2, 0) is 13.0 Å². The van der Waals surface area contributed by atoms with Gasteiger partial charge in [-0.2, -0.15) is 0 Å². The summed E-state index contributed by atoms with van der Waals surface area (Å²) in [6, 6.07) is 8.37. The number of hydrogen-bond acceptors (Lipinski definition) is 4. The number of benzene rings is 1. The Kier molecular flexibility index (Phi) is 6.92. The van der Waals surface area contributed by atoms with Gasteiger partial charge in [-0.1, -0.05) is 30.7 Å². The van der Waals surface area contributed by atoms with Gasteiger partial charge in [0.25, 0.3) is 0 Å². The molecule has 0 radical (unpaired) electrons. The third-order valence-corrected chi connectivity index (χ3v) is 5.16. The van der Waals surface area contributed by atoms with E-state index in [-0.39, 0.29) is 0 Å². The van der Waals surface area contributed by atoms with Gasteiger partial charge < -0.3 is 20.1 Å².